The lowest BCUT2D eigenvalue weighted by Crippen LogP contribution is -2.53. The quantitative estimate of drug-likeness (QED) is 0.785. The Morgan fingerprint density at radius 3 is 2.81 bits per heavy atom. The molecule has 0 radical (unpaired) electrons. The highest BCUT2D eigenvalue weighted by atomic mass is 16.2. The third-order valence-electron chi connectivity index (χ3n) is 4.52. The average Bonchev–Trinajstić information content (AvgIpc) is 2.76. The smallest absolute Gasteiger partial charge is 0.251 e. The number of nitrogens with zero attached hydrogens (tertiary/aromatic N) is 2. The van der Waals surface area contributed by atoms with Gasteiger partial charge < -0.3 is 0 Å². The van der Waals surface area contributed by atoms with Gasteiger partial charge in [-0.1, -0.05) is 37.6 Å². The number of allylic oxidation sites excluding steroid dienone is 2. The molecular formula is C16H21N3O2. The van der Waals surface area contributed by atoms with Gasteiger partial charge in [-0.2, -0.15) is 5.10 Å². The van der Waals surface area contributed by atoms with E-state index in [1.807, 2.05) is 11.9 Å². The normalized spacial score (nSPS) is 32.0. The average molecular weight is 287 g/mol. The van der Waals surface area contributed by atoms with Gasteiger partial charge in [-0.15, -0.1) is 0 Å². The minimum Gasteiger partial charge on any atom is -0.295 e. The van der Waals surface area contributed by atoms with Gasteiger partial charge >= 0.3 is 0 Å². The maximum atomic E-state index is 12.1. The van der Waals surface area contributed by atoms with Gasteiger partial charge in [0, 0.05) is 18.1 Å². The molecule has 2 heterocycles. The van der Waals surface area contributed by atoms with E-state index < -0.39 is 0 Å². The molecule has 1 fully saturated rings. The molecular weight excluding hydrogens is 266 g/mol. The first-order valence-corrected chi connectivity index (χ1v) is 7.54. The number of carbonyl (C=O) groups is 2. The van der Waals surface area contributed by atoms with Crippen LogP contribution in [0.3, 0.4) is 0 Å². The molecule has 5 heteroatoms. The summed E-state index contributed by atoms with van der Waals surface area (Å²) in [6.45, 7) is 6.40. The van der Waals surface area contributed by atoms with Gasteiger partial charge in [0.1, 0.15) is 6.04 Å². The molecule has 21 heavy (non-hydrogen) atoms. The second-order valence-corrected chi connectivity index (χ2v) is 6.26. The second kappa shape index (κ2) is 5.13. The highest BCUT2D eigenvalue weighted by molar-refractivity contribution is 6.00. The molecule has 0 aromatic heterocycles. The van der Waals surface area contributed by atoms with Gasteiger partial charge in [0.25, 0.3) is 5.91 Å². The maximum Gasteiger partial charge on any atom is 0.251 e. The standard InChI is InChI=1S/C16H21N3O2/c1-9(2)11-5-4-6-12-15(11)10(3)18-19(12)13-7-8-14(20)17-16(13)21/h4-6,9,12-13,15H,7-8H2,1-3H3,(H,17,20,21). The van der Waals surface area contributed by atoms with E-state index in [1.54, 1.807) is 0 Å². The Bertz CT molecular complexity index is 574. The van der Waals surface area contributed by atoms with Crippen LogP contribution in [0.4, 0.5) is 0 Å². The number of nitrogens with one attached hydrogen (secondary N) is 1. The Kier molecular flexibility index (Phi) is 3.43. The number of imide groups is 1. The van der Waals surface area contributed by atoms with Gasteiger partial charge in [-0.3, -0.25) is 19.9 Å². The van der Waals surface area contributed by atoms with Crippen LogP contribution in [0.15, 0.2) is 28.9 Å². The van der Waals surface area contributed by atoms with Crippen molar-refractivity contribution in [1.82, 2.24) is 10.3 Å². The molecule has 3 aliphatic rings. The van der Waals surface area contributed by atoms with Crippen LogP contribution in [-0.2, 0) is 9.59 Å². The molecule has 3 atom stereocenters. The van der Waals surface area contributed by atoms with E-state index in [9.17, 15) is 9.59 Å². The fraction of sp³-hybridized carbons (Fsp3) is 0.562. The van der Waals surface area contributed by atoms with Crippen molar-refractivity contribution in [3.63, 3.8) is 0 Å². The first-order valence-electron chi connectivity index (χ1n) is 7.54. The van der Waals surface area contributed by atoms with Crippen LogP contribution in [0.5, 0.6) is 0 Å². The number of fused-ring (bicyclic) bond motifs is 1. The third-order valence-corrected chi connectivity index (χ3v) is 4.52. The molecule has 2 amide bonds. The number of piperidine rings is 1. The second-order valence-electron chi connectivity index (χ2n) is 6.26. The van der Waals surface area contributed by atoms with Crippen molar-refractivity contribution >= 4 is 17.5 Å². The van der Waals surface area contributed by atoms with Crippen LogP contribution in [0.1, 0.15) is 33.6 Å². The van der Waals surface area contributed by atoms with Crippen molar-refractivity contribution in [2.24, 2.45) is 16.9 Å². The van der Waals surface area contributed by atoms with E-state index in [0.29, 0.717) is 18.8 Å². The van der Waals surface area contributed by atoms with Crippen molar-refractivity contribution in [2.75, 3.05) is 0 Å². The van der Waals surface area contributed by atoms with E-state index in [-0.39, 0.29) is 29.8 Å². The number of amides is 2. The van der Waals surface area contributed by atoms with Gasteiger partial charge in [-0.05, 0) is 19.3 Å². The summed E-state index contributed by atoms with van der Waals surface area (Å²) in [5.74, 6) is 0.293. The van der Waals surface area contributed by atoms with E-state index in [1.165, 1.54) is 5.57 Å². The summed E-state index contributed by atoms with van der Waals surface area (Å²) in [5.41, 5.74) is 2.41. The minimum atomic E-state index is -0.344. The van der Waals surface area contributed by atoms with Gasteiger partial charge in [0.15, 0.2) is 0 Å². The van der Waals surface area contributed by atoms with Crippen LogP contribution >= 0.6 is 0 Å². The molecule has 0 bridgehead atoms. The molecule has 5 nitrogen and oxygen atoms in total. The third kappa shape index (κ3) is 2.30. The van der Waals surface area contributed by atoms with Crippen LogP contribution in [0.25, 0.3) is 0 Å². The lowest BCUT2D eigenvalue weighted by Gasteiger charge is -2.35. The zero-order valence-electron chi connectivity index (χ0n) is 12.7. The highest BCUT2D eigenvalue weighted by Crippen LogP contribution is 2.37. The Hall–Kier alpha value is -1.91. The van der Waals surface area contributed by atoms with Gasteiger partial charge in [0.05, 0.1) is 6.04 Å². The molecule has 0 aromatic carbocycles. The zero-order chi connectivity index (χ0) is 15.1. The monoisotopic (exact) mass is 287 g/mol. The predicted molar refractivity (Wildman–Crippen MR) is 80.5 cm³/mol. The van der Waals surface area contributed by atoms with E-state index in [4.69, 9.17) is 0 Å². The lowest BCUT2D eigenvalue weighted by molar-refractivity contribution is -0.137. The fourth-order valence-corrected chi connectivity index (χ4v) is 3.50. The Morgan fingerprint density at radius 2 is 2.14 bits per heavy atom. The van der Waals surface area contributed by atoms with Crippen LogP contribution < -0.4 is 5.32 Å². The summed E-state index contributed by atoms with van der Waals surface area (Å²) in [6.07, 6.45) is 7.26. The molecule has 112 valence electrons. The van der Waals surface area contributed by atoms with Crippen LogP contribution in [0.2, 0.25) is 0 Å². The summed E-state index contributed by atoms with van der Waals surface area (Å²) in [5, 5.41) is 8.97. The van der Waals surface area contributed by atoms with E-state index in [2.05, 4.69) is 42.5 Å². The van der Waals surface area contributed by atoms with Crippen LogP contribution in [-0.4, -0.2) is 34.6 Å². The number of carbonyl (C=O) groups excluding carboxylic acids is 2. The van der Waals surface area contributed by atoms with Crippen molar-refractivity contribution in [3.8, 4) is 0 Å². The number of hydrazone groups is 1. The Morgan fingerprint density at radius 1 is 1.38 bits per heavy atom. The molecule has 1 saturated heterocycles. The molecule has 0 spiro atoms. The summed E-state index contributed by atoms with van der Waals surface area (Å²) < 4.78 is 0. The zero-order valence-corrected chi connectivity index (χ0v) is 12.7. The van der Waals surface area contributed by atoms with Crippen molar-refractivity contribution in [3.05, 3.63) is 23.8 Å². The largest absolute Gasteiger partial charge is 0.295 e. The summed E-state index contributed by atoms with van der Waals surface area (Å²) in [7, 11) is 0. The first kappa shape index (κ1) is 14.0. The number of rotatable bonds is 2. The molecule has 1 aliphatic carbocycles. The SMILES string of the molecule is CC1=NN(C2CCC(=O)NC2=O)C2C=CC=C(C(C)C)C12. The van der Waals surface area contributed by atoms with Gasteiger partial charge in [-0.25, -0.2) is 0 Å². The van der Waals surface area contributed by atoms with E-state index >= 15 is 0 Å². The Balaban J connectivity index is 1.87. The van der Waals surface area contributed by atoms with Crippen molar-refractivity contribution < 1.29 is 9.59 Å². The molecule has 0 saturated carbocycles. The summed E-state index contributed by atoms with van der Waals surface area (Å²) >= 11 is 0. The van der Waals surface area contributed by atoms with Gasteiger partial charge in [0.2, 0.25) is 5.91 Å². The lowest BCUT2D eigenvalue weighted by atomic mass is 9.79. The molecule has 0 aromatic rings. The Labute approximate surface area is 124 Å². The number of hydrogen-bond acceptors (Lipinski definition) is 4. The summed E-state index contributed by atoms with van der Waals surface area (Å²) in [6, 6.07) is -0.250. The van der Waals surface area contributed by atoms with E-state index in [0.717, 1.165) is 5.71 Å². The molecule has 1 N–H and O–H groups in total. The molecule has 2 aliphatic heterocycles. The minimum absolute atomic E-state index is 0.0938. The predicted octanol–water partition coefficient (Wildman–Crippen LogP) is 1.62. The number of hydrogen-bond donors (Lipinski definition) is 1. The topological polar surface area (TPSA) is 61.8 Å². The fourth-order valence-electron chi connectivity index (χ4n) is 3.50. The maximum absolute atomic E-state index is 12.1. The molecule has 3 unspecified atom stereocenters. The van der Waals surface area contributed by atoms with Crippen molar-refractivity contribution in [1.29, 1.82) is 0 Å². The van der Waals surface area contributed by atoms with Crippen LogP contribution in [0, 0.1) is 11.8 Å². The summed E-state index contributed by atoms with van der Waals surface area (Å²) in [4.78, 5) is 23.4. The molecule has 3 rings (SSSR count). The first-order chi connectivity index (χ1) is 9.99. The highest BCUT2D eigenvalue weighted by Gasteiger charge is 2.43. The van der Waals surface area contributed by atoms with Crippen molar-refractivity contribution in [2.45, 2.75) is 45.7 Å².